The smallest absolute Gasteiger partial charge is 0.188 e. The Balaban J connectivity index is 1.51. The minimum absolute atomic E-state index is 0.327. The summed E-state index contributed by atoms with van der Waals surface area (Å²) < 4.78 is 15.9. The lowest BCUT2D eigenvalue weighted by atomic mass is 10.0. The average Bonchev–Trinajstić information content (AvgIpc) is 3.35. The van der Waals surface area contributed by atoms with Crippen LogP contribution >= 0.6 is 0 Å². The standard InChI is InChI=1S/C22H20FN5/c23-19-11-5-4-10-18(19)22-25-24-20-12-13-21(26-28(20)22)27-14-6-9-17(27)15-16-7-2-1-3-8-16/h1-5,7-8,10-13,17H,6,9,14-15H2. The predicted octanol–water partition coefficient (Wildman–Crippen LogP) is 4.14. The fourth-order valence-corrected chi connectivity index (χ4v) is 3.98. The van der Waals surface area contributed by atoms with E-state index < -0.39 is 0 Å². The number of hydrogen-bond donors (Lipinski definition) is 0. The molecule has 0 bridgehead atoms. The van der Waals surface area contributed by atoms with E-state index >= 15 is 0 Å². The normalized spacial score (nSPS) is 16.8. The minimum atomic E-state index is -0.327. The Kier molecular flexibility index (Phi) is 4.24. The first-order valence-corrected chi connectivity index (χ1v) is 9.57. The van der Waals surface area contributed by atoms with Crippen molar-refractivity contribution in [3.8, 4) is 11.4 Å². The van der Waals surface area contributed by atoms with Crippen molar-refractivity contribution in [1.29, 1.82) is 0 Å². The van der Waals surface area contributed by atoms with Gasteiger partial charge in [0.05, 0.1) is 5.56 Å². The zero-order valence-corrected chi connectivity index (χ0v) is 15.4. The maximum Gasteiger partial charge on any atom is 0.188 e. The molecule has 0 radical (unpaired) electrons. The van der Waals surface area contributed by atoms with Crippen molar-refractivity contribution in [2.24, 2.45) is 0 Å². The molecule has 140 valence electrons. The molecule has 1 atom stereocenters. The maximum absolute atomic E-state index is 14.3. The van der Waals surface area contributed by atoms with Gasteiger partial charge < -0.3 is 4.90 Å². The summed E-state index contributed by atoms with van der Waals surface area (Å²) in [5.41, 5.74) is 2.35. The van der Waals surface area contributed by atoms with Crippen molar-refractivity contribution < 1.29 is 4.39 Å². The van der Waals surface area contributed by atoms with Crippen LogP contribution in [0.2, 0.25) is 0 Å². The molecule has 2 aromatic heterocycles. The summed E-state index contributed by atoms with van der Waals surface area (Å²) in [6.45, 7) is 0.965. The molecule has 0 amide bonds. The molecule has 2 aromatic carbocycles. The van der Waals surface area contributed by atoms with Crippen molar-refractivity contribution in [2.75, 3.05) is 11.4 Å². The summed E-state index contributed by atoms with van der Waals surface area (Å²) in [6.07, 6.45) is 3.26. The highest BCUT2D eigenvalue weighted by molar-refractivity contribution is 5.60. The zero-order valence-electron chi connectivity index (χ0n) is 15.4. The lowest BCUT2D eigenvalue weighted by Crippen LogP contribution is -2.32. The van der Waals surface area contributed by atoms with Gasteiger partial charge in [-0.2, -0.15) is 4.52 Å². The Labute approximate surface area is 162 Å². The van der Waals surface area contributed by atoms with E-state index in [1.54, 1.807) is 22.7 Å². The number of rotatable bonds is 4. The molecular formula is C22H20FN5. The molecule has 1 aliphatic heterocycles. The fraction of sp³-hybridized carbons (Fsp3) is 0.227. The number of benzene rings is 2. The first kappa shape index (κ1) is 16.9. The van der Waals surface area contributed by atoms with Crippen LogP contribution in [-0.2, 0) is 6.42 Å². The highest BCUT2D eigenvalue weighted by Gasteiger charge is 2.26. The second-order valence-corrected chi connectivity index (χ2v) is 7.14. The van der Waals surface area contributed by atoms with Gasteiger partial charge in [-0.25, -0.2) is 4.39 Å². The van der Waals surface area contributed by atoms with E-state index in [0.29, 0.717) is 23.1 Å². The van der Waals surface area contributed by atoms with Crippen LogP contribution in [0.15, 0.2) is 66.7 Å². The summed E-state index contributed by atoms with van der Waals surface area (Å²) in [7, 11) is 0. The predicted molar refractivity (Wildman–Crippen MR) is 107 cm³/mol. The van der Waals surface area contributed by atoms with E-state index in [1.165, 1.54) is 11.6 Å². The molecular weight excluding hydrogens is 353 g/mol. The van der Waals surface area contributed by atoms with Gasteiger partial charge in [-0.15, -0.1) is 15.3 Å². The molecule has 5 nitrogen and oxygen atoms in total. The third-order valence-electron chi connectivity index (χ3n) is 5.35. The molecule has 1 unspecified atom stereocenters. The topological polar surface area (TPSA) is 46.3 Å². The molecule has 1 fully saturated rings. The largest absolute Gasteiger partial charge is 0.352 e. The third-order valence-corrected chi connectivity index (χ3v) is 5.35. The number of anilines is 1. The number of hydrogen-bond acceptors (Lipinski definition) is 4. The van der Waals surface area contributed by atoms with Crippen LogP contribution in [0, 0.1) is 5.82 Å². The van der Waals surface area contributed by atoms with Crippen molar-refractivity contribution in [3.05, 3.63) is 78.1 Å². The van der Waals surface area contributed by atoms with Gasteiger partial charge in [-0.1, -0.05) is 42.5 Å². The Morgan fingerprint density at radius 1 is 0.929 bits per heavy atom. The molecule has 28 heavy (non-hydrogen) atoms. The molecule has 0 aliphatic carbocycles. The zero-order chi connectivity index (χ0) is 18.9. The van der Waals surface area contributed by atoms with Crippen LogP contribution in [-0.4, -0.2) is 32.4 Å². The van der Waals surface area contributed by atoms with Gasteiger partial charge in [0.2, 0.25) is 0 Å². The molecule has 0 N–H and O–H groups in total. The van der Waals surface area contributed by atoms with Gasteiger partial charge in [0, 0.05) is 12.6 Å². The molecule has 0 saturated carbocycles. The van der Waals surface area contributed by atoms with Crippen LogP contribution in [0.5, 0.6) is 0 Å². The second-order valence-electron chi connectivity index (χ2n) is 7.14. The molecule has 0 spiro atoms. The Morgan fingerprint density at radius 3 is 2.61 bits per heavy atom. The summed E-state index contributed by atoms with van der Waals surface area (Å²) in [4.78, 5) is 2.34. The van der Waals surface area contributed by atoms with Crippen LogP contribution in [0.4, 0.5) is 10.2 Å². The van der Waals surface area contributed by atoms with E-state index in [1.807, 2.05) is 18.2 Å². The van der Waals surface area contributed by atoms with E-state index in [-0.39, 0.29) is 5.82 Å². The summed E-state index contributed by atoms with van der Waals surface area (Å²) >= 11 is 0. The van der Waals surface area contributed by atoms with Gasteiger partial charge >= 0.3 is 0 Å². The van der Waals surface area contributed by atoms with Gasteiger partial charge in [0.15, 0.2) is 11.5 Å². The quantitative estimate of drug-likeness (QED) is 0.539. The first-order chi connectivity index (χ1) is 13.8. The Hall–Kier alpha value is -3.28. The fourth-order valence-electron chi connectivity index (χ4n) is 3.98. The van der Waals surface area contributed by atoms with Crippen molar-refractivity contribution in [3.63, 3.8) is 0 Å². The van der Waals surface area contributed by atoms with Gasteiger partial charge in [-0.05, 0) is 49.1 Å². The van der Waals surface area contributed by atoms with Crippen LogP contribution in [0.3, 0.4) is 0 Å². The monoisotopic (exact) mass is 373 g/mol. The lowest BCUT2D eigenvalue weighted by molar-refractivity contribution is 0.628. The first-order valence-electron chi connectivity index (χ1n) is 9.57. The SMILES string of the molecule is Fc1ccccc1-c1nnc2ccc(N3CCCC3Cc3ccccc3)nn12. The van der Waals surface area contributed by atoms with Crippen LogP contribution < -0.4 is 4.90 Å². The van der Waals surface area contributed by atoms with Crippen molar-refractivity contribution >= 4 is 11.5 Å². The molecule has 1 saturated heterocycles. The van der Waals surface area contributed by atoms with Crippen LogP contribution in [0.1, 0.15) is 18.4 Å². The number of aromatic nitrogens is 4. The lowest BCUT2D eigenvalue weighted by Gasteiger charge is -2.25. The summed E-state index contributed by atoms with van der Waals surface area (Å²) in [5.74, 6) is 0.976. The summed E-state index contributed by atoms with van der Waals surface area (Å²) in [6, 6.07) is 21.4. The second kappa shape index (κ2) is 7.03. The molecule has 6 heteroatoms. The Bertz CT molecular complexity index is 1110. The Morgan fingerprint density at radius 2 is 1.75 bits per heavy atom. The minimum Gasteiger partial charge on any atom is -0.352 e. The number of fused-ring (bicyclic) bond motifs is 1. The van der Waals surface area contributed by atoms with Crippen LogP contribution in [0.25, 0.3) is 17.0 Å². The number of nitrogens with zero attached hydrogens (tertiary/aromatic N) is 5. The van der Waals surface area contributed by atoms with Gasteiger partial charge in [-0.3, -0.25) is 0 Å². The van der Waals surface area contributed by atoms with Crippen molar-refractivity contribution in [2.45, 2.75) is 25.3 Å². The maximum atomic E-state index is 14.3. The third kappa shape index (κ3) is 3.01. The van der Waals surface area contributed by atoms with Gasteiger partial charge in [0.25, 0.3) is 0 Å². The van der Waals surface area contributed by atoms with E-state index in [4.69, 9.17) is 5.10 Å². The number of halogens is 1. The van der Waals surface area contributed by atoms with E-state index in [0.717, 1.165) is 31.6 Å². The van der Waals surface area contributed by atoms with E-state index in [2.05, 4.69) is 39.4 Å². The summed E-state index contributed by atoms with van der Waals surface area (Å²) in [5, 5.41) is 13.1. The molecule has 4 aromatic rings. The molecule has 1 aliphatic rings. The highest BCUT2D eigenvalue weighted by Crippen LogP contribution is 2.28. The van der Waals surface area contributed by atoms with Crippen molar-refractivity contribution in [1.82, 2.24) is 19.8 Å². The molecule has 5 rings (SSSR count). The molecule has 3 heterocycles. The average molecular weight is 373 g/mol. The van der Waals surface area contributed by atoms with Gasteiger partial charge in [0.1, 0.15) is 11.6 Å². The highest BCUT2D eigenvalue weighted by atomic mass is 19.1. The van der Waals surface area contributed by atoms with E-state index in [9.17, 15) is 4.39 Å².